The second-order valence-electron chi connectivity index (χ2n) is 6.48. The van der Waals surface area contributed by atoms with Gasteiger partial charge in [0.15, 0.2) is 5.96 Å². The fourth-order valence-corrected chi connectivity index (χ4v) is 3.70. The largest absolute Gasteiger partial charge is 0.357 e. The molecule has 0 aliphatic carbocycles. The molecule has 134 valence electrons. The highest BCUT2D eigenvalue weighted by Gasteiger charge is 2.11. The molecular formula is C20H28N4S. The molecule has 2 N–H and O–H groups in total. The predicted molar refractivity (Wildman–Crippen MR) is 107 cm³/mol. The molecule has 4 nitrogen and oxygen atoms in total. The predicted octanol–water partition coefficient (Wildman–Crippen LogP) is 3.60. The van der Waals surface area contributed by atoms with E-state index in [0.717, 1.165) is 25.6 Å². The number of thiophene rings is 1. The molecule has 0 saturated carbocycles. The number of likely N-dealkylation sites (tertiary alicyclic amines) is 1. The first kappa shape index (κ1) is 18.0. The Balaban J connectivity index is 1.50. The van der Waals surface area contributed by atoms with Crippen molar-refractivity contribution in [2.75, 3.05) is 19.6 Å². The van der Waals surface area contributed by atoms with Crippen LogP contribution in [0.5, 0.6) is 0 Å². The Morgan fingerprint density at radius 1 is 1.04 bits per heavy atom. The first-order valence-corrected chi connectivity index (χ1v) is 10.1. The second kappa shape index (κ2) is 9.59. The summed E-state index contributed by atoms with van der Waals surface area (Å²) in [5.41, 5.74) is 3.95. The Morgan fingerprint density at radius 2 is 1.80 bits per heavy atom. The maximum absolute atomic E-state index is 4.65. The molecule has 2 heterocycles. The molecule has 0 radical (unpaired) electrons. The minimum absolute atomic E-state index is 0.716. The Kier molecular flexibility index (Phi) is 6.89. The van der Waals surface area contributed by atoms with Gasteiger partial charge in [-0.2, -0.15) is 11.3 Å². The number of hydrogen-bond donors (Lipinski definition) is 2. The molecule has 0 bridgehead atoms. The van der Waals surface area contributed by atoms with Crippen molar-refractivity contribution in [3.8, 4) is 0 Å². The second-order valence-corrected chi connectivity index (χ2v) is 7.26. The van der Waals surface area contributed by atoms with Crippen LogP contribution in [-0.4, -0.2) is 30.5 Å². The summed E-state index contributed by atoms with van der Waals surface area (Å²) in [6.45, 7) is 8.04. The van der Waals surface area contributed by atoms with Crippen molar-refractivity contribution in [3.05, 3.63) is 57.8 Å². The SMILES string of the molecule is CCNC(=NCc1ccsc1)NCc1ccc(CN2CCCC2)cc1. The smallest absolute Gasteiger partial charge is 0.191 e. The van der Waals surface area contributed by atoms with Crippen LogP contribution in [0.25, 0.3) is 0 Å². The summed E-state index contributed by atoms with van der Waals surface area (Å²) in [5, 5.41) is 11.0. The number of nitrogens with zero attached hydrogens (tertiary/aromatic N) is 2. The van der Waals surface area contributed by atoms with Crippen molar-refractivity contribution in [3.63, 3.8) is 0 Å². The van der Waals surface area contributed by atoms with Crippen molar-refractivity contribution in [2.24, 2.45) is 4.99 Å². The van der Waals surface area contributed by atoms with E-state index in [1.807, 2.05) is 0 Å². The lowest BCUT2D eigenvalue weighted by Crippen LogP contribution is -2.36. The Hall–Kier alpha value is -1.85. The summed E-state index contributed by atoms with van der Waals surface area (Å²) in [5.74, 6) is 0.870. The third kappa shape index (κ3) is 5.87. The molecule has 0 unspecified atom stereocenters. The van der Waals surface area contributed by atoms with Gasteiger partial charge in [0.2, 0.25) is 0 Å². The van der Waals surface area contributed by atoms with Crippen LogP contribution in [0.3, 0.4) is 0 Å². The zero-order valence-electron chi connectivity index (χ0n) is 15.0. The van der Waals surface area contributed by atoms with Crippen LogP contribution in [0.4, 0.5) is 0 Å². The summed E-state index contributed by atoms with van der Waals surface area (Å²) in [6.07, 6.45) is 2.69. The van der Waals surface area contributed by atoms with E-state index in [1.54, 1.807) is 11.3 Å². The van der Waals surface area contributed by atoms with Crippen LogP contribution in [0, 0.1) is 0 Å². The highest BCUT2D eigenvalue weighted by Crippen LogP contribution is 2.13. The van der Waals surface area contributed by atoms with Crippen LogP contribution in [0.15, 0.2) is 46.1 Å². The van der Waals surface area contributed by atoms with Gasteiger partial charge >= 0.3 is 0 Å². The van der Waals surface area contributed by atoms with Crippen molar-refractivity contribution in [1.82, 2.24) is 15.5 Å². The monoisotopic (exact) mass is 356 g/mol. The van der Waals surface area contributed by atoms with Gasteiger partial charge in [0, 0.05) is 19.6 Å². The van der Waals surface area contributed by atoms with Crippen molar-refractivity contribution in [2.45, 2.75) is 39.4 Å². The lowest BCUT2D eigenvalue weighted by atomic mass is 10.1. The third-order valence-electron chi connectivity index (χ3n) is 4.43. The number of guanidine groups is 1. The van der Waals surface area contributed by atoms with E-state index in [1.165, 1.54) is 42.6 Å². The average molecular weight is 357 g/mol. The molecule has 1 saturated heterocycles. The molecule has 1 aromatic carbocycles. The van der Waals surface area contributed by atoms with E-state index in [2.05, 4.69) is 68.5 Å². The molecule has 0 atom stereocenters. The lowest BCUT2D eigenvalue weighted by molar-refractivity contribution is 0.331. The van der Waals surface area contributed by atoms with Crippen molar-refractivity contribution < 1.29 is 0 Å². The average Bonchev–Trinajstić information content (AvgIpc) is 3.32. The molecule has 5 heteroatoms. The summed E-state index contributed by atoms with van der Waals surface area (Å²) in [4.78, 5) is 7.19. The molecule has 0 spiro atoms. The molecule has 1 fully saturated rings. The van der Waals surface area contributed by atoms with Crippen LogP contribution >= 0.6 is 11.3 Å². The van der Waals surface area contributed by atoms with Crippen LogP contribution in [-0.2, 0) is 19.6 Å². The summed E-state index contributed by atoms with van der Waals surface area (Å²) < 4.78 is 0. The third-order valence-corrected chi connectivity index (χ3v) is 5.16. The maximum atomic E-state index is 4.65. The molecule has 2 aromatic rings. The molecule has 0 amide bonds. The van der Waals surface area contributed by atoms with Crippen LogP contribution in [0.2, 0.25) is 0 Å². The van der Waals surface area contributed by atoms with Gasteiger partial charge in [0.05, 0.1) is 6.54 Å². The van der Waals surface area contributed by atoms with E-state index < -0.39 is 0 Å². The Morgan fingerprint density at radius 3 is 2.48 bits per heavy atom. The lowest BCUT2D eigenvalue weighted by Gasteiger charge is -2.15. The minimum Gasteiger partial charge on any atom is -0.357 e. The van der Waals surface area contributed by atoms with Gasteiger partial charge in [-0.25, -0.2) is 4.99 Å². The Bertz CT molecular complexity index is 643. The van der Waals surface area contributed by atoms with Crippen molar-refractivity contribution >= 4 is 17.3 Å². The van der Waals surface area contributed by atoms with E-state index in [0.29, 0.717) is 6.54 Å². The number of benzene rings is 1. The van der Waals surface area contributed by atoms with Gasteiger partial charge in [-0.05, 0) is 66.4 Å². The number of rotatable bonds is 7. The zero-order chi connectivity index (χ0) is 17.3. The summed E-state index contributed by atoms with van der Waals surface area (Å²) >= 11 is 1.71. The Labute approximate surface area is 155 Å². The number of hydrogen-bond acceptors (Lipinski definition) is 3. The summed E-state index contributed by atoms with van der Waals surface area (Å²) in [7, 11) is 0. The highest BCUT2D eigenvalue weighted by atomic mass is 32.1. The van der Waals surface area contributed by atoms with E-state index in [9.17, 15) is 0 Å². The molecule has 3 rings (SSSR count). The van der Waals surface area contributed by atoms with Gasteiger partial charge in [-0.1, -0.05) is 24.3 Å². The first-order chi connectivity index (χ1) is 12.3. The number of nitrogens with one attached hydrogen (secondary N) is 2. The highest BCUT2D eigenvalue weighted by molar-refractivity contribution is 7.07. The fraction of sp³-hybridized carbons (Fsp3) is 0.450. The van der Waals surface area contributed by atoms with Crippen molar-refractivity contribution in [1.29, 1.82) is 0 Å². The van der Waals surface area contributed by atoms with E-state index in [-0.39, 0.29) is 0 Å². The van der Waals surface area contributed by atoms with E-state index >= 15 is 0 Å². The van der Waals surface area contributed by atoms with Gasteiger partial charge < -0.3 is 10.6 Å². The normalized spacial score (nSPS) is 15.5. The topological polar surface area (TPSA) is 39.7 Å². The molecule has 1 aliphatic rings. The minimum atomic E-state index is 0.716. The van der Waals surface area contributed by atoms with E-state index in [4.69, 9.17) is 0 Å². The van der Waals surface area contributed by atoms with Gasteiger partial charge in [0.25, 0.3) is 0 Å². The quantitative estimate of drug-likeness (QED) is 0.588. The molecule has 1 aromatic heterocycles. The van der Waals surface area contributed by atoms with Crippen LogP contribution in [0.1, 0.15) is 36.5 Å². The molecule has 1 aliphatic heterocycles. The fourth-order valence-electron chi connectivity index (χ4n) is 3.04. The maximum Gasteiger partial charge on any atom is 0.191 e. The molecule has 25 heavy (non-hydrogen) atoms. The van der Waals surface area contributed by atoms with Gasteiger partial charge in [-0.3, -0.25) is 4.90 Å². The summed E-state index contributed by atoms with van der Waals surface area (Å²) in [6, 6.07) is 11.1. The standard InChI is InChI=1S/C20H28N4S/c1-2-21-20(23-14-19-9-12-25-16-19)22-13-17-5-7-18(8-6-17)15-24-10-3-4-11-24/h5-9,12,16H,2-4,10-11,13-15H2,1H3,(H2,21,22,23). The van der Waals surface area contributed by atoms with Gasteiger partial charge in [0.1, 0.15) is 0 Å². The van der Waals surface area contributed by atoms with Crippen LogP contribution < -0.4 is 10.6 Å². The number of aliphatic imine (C=N–C) groups is 1. The van der Waals surface area contributed by atoms with Gasteiger partial charge in [-0.15, -0.1) is 0 Å². The first-order valence-electron chi connectivity index (χ1n) is 9.17. The molecular weight excluding hydrogens is 328 g/mol. The zero-order valence-corrected chi connectivity index (χ0v) is 15.8.